The van der Waals surface area contributed by atoms with E-state index >= 15 is 0 Å². The average Bonchev–Trinajstić information content (AvgIpc) is 3.07. The Bertz CT molecular complexity index is 709. The van der Waals surface area contributed by atoms with E-state index in [4.69, 9.17) is 0 Å². The topological polar surface area (TPSA) is 56.5 Å². The van der Waals surface area contributed by atoms with Gasteiger partial charge in [-0.05, 0) is 19.8 Å². The molecule has 0 aromatic heterocycles. The third-order valence-corrected chi connectivity index (χ3v) is 3.80. The summed E-state index contributed by atoms with van der Waals surface area (Å²) in [5.41, 5.74) is -1.49. The molecule has 1 heterocycles. The van der Waals surface area contributed by atoms with Crippen LogP contribution in [0.25, 0.3) is 0 Å². The second-order valence-electron chi connectivity index (χ2n) is 5.40. The molecule has 0 aliphatic carbocycles. The predicted molar refractivity (Wildman–Crippen MR) is 83.2 cm³/mol. The van der Waals surface area contributed by atoms with Crippen LogP contribution >= 0.6 is 0 Å². The van der Waals surface area contributed by atoms with Crippen LogP contribution < -0.4 is 0 Å². The predicted octanol–water partition coefficient (Wildman–Crippen LogP) is 3.46. The van der Waals surface area contributed by atoms with Crippen LogP contribution in [0.5, 0.6) is 0 Å². The standard InChI is InChI=1S/C17H16F3N3O/c1-12(23-9-5-6-10-23)14(11-21)16(24)22-15(17(18,19)20)13-7-3-2-4-8-13/h2-4,7-8H,5-6,9-10H2,1H3/b14-12+,22-15?. The summed E-state index contributed by atoms with van der Waals surface area (Å²) in [6.07, 6.45) is -2.95. The van der Waals surface area contributed by atoms with Crippen molar-refractivity contribution in [2.45, 2.75) is 25.9 Å². The van der Waals surface area contributed by atoms with Gasteiger partial charge < -0.3 is 4.90 Å². The van der Waals surface area contributed by atoms with Crippen molar-refractivity contribution < 1.29 is 18.0 Å². The zero-order chi connectivity index (χ0) is 17.7. The third kappa shape index (κ3) is 4.02. The SMILES string of the molecule is C/C(=C(/C#N)C(=O)N=C(c1ccccc1)C(F)(F)F)N1CCCC1. The quantitative estimate of drug-likeness (QED) is 0.483. The number of benzene rings is 1. The van der Waals surface area contributed by atoms with Crippen LogP contribution in [-0.4, -0.2) is 35.8 Å². The highest BCUT2D eigenvalue weighted by Gasteiger charge is 2.38. The number of nitriles is 1. The summed E-state index contributed by atoms with van der Waals surface area (Å²) in [4.78, 5) is 17.3. The summed E-state index contributed by atoms with van der Waals surface area (Å²) >= 11 is 0. The van der Waals surface area contributed by atoms with E-state index in [0.717, 1.165) is 12.8 Å². The Labute approximate surface area is 137 Å². The van der Waals surface area contributed by atoms with Gasteiger partial charge in [-0.2, -0.15) is 18.4 Å². The number of amides is 1. The summed E-state index contributed by atoms with van der Waals surface area (Å²) in [6, 6.07) is 8.57. The number of hydrogen-bond donors (Lipinski definition) is 0. The lowest BCUT2D eigenvalue weighted by atomic mass is 10.1. The summed E-state index contributed by atoms with van der Waals surface area (Å²) in [7, 11) is 0. The monoisotopic (exact) mass is 335 g/mol. The van der Waals surface area contributed by atoms with E-state index in [0.29, 0.717) is 18.8 Å². The van der Waals surface area contributed by atoms with Gasteiger partial charge in [0.2, 0.25) is 0 Å². The number of carbonyl (C=O) groups is 1. The van der Waals surface area contributed by atoms with Gasteiger partial charge in [-0.25, -0.2) is 4.99 Å². The van der Waals surface area contributed by atoms with E-state index in [2.05, 4.69) is 4.99 Å². The minimum absolute atomic E-state index is 0.213. The van der Waals surface area contributed by atoms with Crippen molar-refractivity contribution in [2.24, 2.45) is 4.99 Å². The second kappa shape index (κ2) is 7.30. The highest BCUT2D eigenvalue weighted by atomic mass is 19.4. The number of aliphatic imine (C=N–C) groups is 1. The Kier molecular flexibility index (Phi) is 5.39. The molecule has 7 heteroatoms. The van der Waals surface area contributed by atoms with Gasteiger partial charge in [0.25, 0.3) is 5.91 Å². The number of alkyl halides is 3. The molecule has 0 spiro atoms. The highest BCUT2D eigenvalue weighted by Crippen LogP contribution is 2.24. The van der Waals surface area contributed by atoms with Crippen molar-refractivity contribution in [1.29, 1.82) is 5.26 Å². The number of nitrogens with zero attached hydrogens (tertiary/aromatic N) is 3. The first-order chi connectivity index (χ1) is 11.3. The maximum Gasteiger partial charge on any atom is 0.434 e. The number of allylic oxidation sites excluding steroid dienone is 1. The molecule has 0 radical (unpaired) electrons. The molecule has 1 saturated heterocycles. The van der Waals surface area contributed by atoms with E-state index in [-0.39, 0.29) is 11.1 Å². The molecule has 0 atom stereocenters. The Morgan fingerprint density at radius 2 is 1.79 bits per heavy atom. The summed E-state index contributed by atoms with van der Waals surface area (Å²) in [5.74, 6) is -1.17. The Hall–Kier alpha value is -2.62. The number of halogens is 3. The number of likely N-dealkylation sites (tertiary alicyclic amines) is 1. The minimum Gasteiger partial charge on any atom is -0.374 e. The van der Waals surface area contributed by atoms with E-state index in [1.54, 1.807) is 19.1 Å². The first-order valence-electron chi connectivity index (χ1n) is 7.46. The third-order valence-electron chi connectivity index (χ3n) is 3.80. The van der Waals surface area contributed by atoms with Crippen LogP contribution in [-0.2, 0) is 4.79 Å². The van der Waals surface area contributed by atoms with Crippen LogP contribution in [0.4, 0.5) is 13.2 Å². The molecule has 0 bridgehead atoms. The molecule has 2 rings (SSSR count). The van der Waals surface area contributed by atoms with Crippen molar-refractivity contribution in [1.82, 2.24) is 4.90 Å². The Morgan fingerprint density at radius 1 is 1.21 bits per heavy atom. The van der Waals surface area contributed by atoms with E-state index < -0.39 is 17.8 Å². The Morgan fingerprint density at radius 3 is 2.29 bits per heavy atom. The first kappa shape index (κ1) is 17.7. The lowest BCUT2D eigenvalue weighted by Gasteiger charge is -2.19. The van der Waals surface area contributed by atoms with Crippen LogP contribution in [0, 0.1) is 11.3 Å². The van der Waals surface area contributed by atoms with Gasteiger partial charge in [0.05, 0.1) is 0 Å². The fourth-order valence-corrected chi connectivity index (χ4v) is 2.54. The molecule has 1 amide bonds. The van der Waals surface area contributed by atoms with Crippen molar-refractivity contribution in [3.05, 3.63) is 47.2 Å². The highest BCUT2D eigenvalue weighted by molar-refractivity contribution is 6.13. The Balaban J connectivity index is 2.43. The normalized spacial score (nSPS) is 16.6. The molecule has 1 aromatic rings. The lowest BCUT2D eigenvalue weighted by molar-refractivity contribution is -0.114. The second-order valence-corrected chi connectivity index (χ2v) is 5.40. The largest absolute Gasteiger partial charge is 0.434 e. The molecule has 126 valence electrons. The molecular weight excluding hydrogens is 319 g/mol. The molecule has 0 N–H and O–H groups in total. The fourth-order valence-electron chi connectivity index (χ4n) is 2.54. The average molecular weight is 335 g/mol. The zero-order valence-corrected chi connectivity index (χ0v) is 13.1. The van der Waals surface area contributed by atoms with Crippen LogP contribution in [0.3, 0.4) is 0 Å². The van der Waals surface area contributed by atoms with Crippen molar-refractivity contribution in [2.75, 3.05) is 13.1 Å². The van der Waals surface area contributed by atoms with Gasteiger partial charge in [0.15, 0.2) is 5.71 Å². The molecular formula is C17H16F3N3O. The van der Waals surface area contributed by atoms with Gasteiger partial charge in [0, 0.05) is 24.4 Å². The molecule has 1 aliphatic heterocycles. The number of rotatable bonds is 3. The van der Waals surface area contributed by atoms with E-state index in [1.807, 2.05) is 4.90 Å². The van der Waals surface area contributed by atoms with Crippen molar-refractivity contribution >= 4 is 11.6 Å². The number of carbonyl (C=O) groups excluding carboxylic acids is 1. The maximum atomic E-state index is 13.2. The van der Waals surface area contributed by atoms with Gasteiger partial charge >= 0.3 is 6.18 Å². The fraction of sp³-hybridized carbons (Fsp3) is 0.353. The zero-order valence-electron chi connectivity index (χ0n) is 13.1. The molecule has 0 unspecified atom stereocenters. The van der Waals surface area contributed by atoms with Gasteiger partial charge in [0.1, 0.15) is 11.6 Å². The van der Waals surface area contributed by atoms with E-state index in [9.17, 15) is 23.2 Å². The van der Waals surface area contributed by atoms with Crippen molar-refractivity contribution in [3.8, 4) is 6.07 Å². The smallest absolute Gasteiger partial charge is 0.374 e. The summed E-state index contributed by atoms with van der Waals surface area (Å²) in [5, 5.41) is 9.21. The lowest BCUT2D eigenvalue weighted by Crippen LogP contribution is -2.26. The van der Waals surface area contributed by atoms with Gasteiger partial charge in [-0.1, -0.05) is 30.3 Å². The number of hydrogen-bond acceptors (Lipinski definition) is 3. The molecule has 4 nitrogen and oxygen atoms in total. The molecule has 1 fully saturated rings. The summed E-state index contributed by atoms with van der Waals surface area (Å²) < 4.78 is 39.7. The van der Waals surface area contributed by atoms with Crippen LogP contribution in [0.1, 0.15) is 25.3 Å². The minimum atomic E-state index is -4.79. The summed E-state index contributed by atoms with van der Waals surface area (Å²) in [6.45, 7) is 2.92. The molecule has 24 heavy (non-hydrogen) atoms. The molecule has 1 aliphatic rings. The molecule has 1 aromatic carbocycles. The van der Waals surface area contributed by atoms with Crippen molar-refractivity contribution in [3.63, 3.8) is 0 Å². The van der Waals surface area contributed by atoms with Crippen LogP contribution in [0.2, 0.25) is 0 Å². The van der Waals surface area contributed by atoms with E-state index in [1.165, 1.54) is 24.3 Å². The van der Waals surface area contributed by atoms with Gasteiger partial charge in [-0.15, -0.1) is 0 Å². The van der Waals surface area contributed by atoms with Crippen LogP contribution in [0.15, 0.2) is 46.6 Å². The maximum absolute atomic E-state index is 13.2. The van der Waals surface area contributed by atoms with Gasteiger partial charge in [-0.3, -0.25) is 4.79 Å². The molecule has 0 saturated carbocycles. The first-order valence-corrected chi connectivity index (χ1v) is 7.46.